The van der Waals surface area contributed by atoms with Crippen LogP contribution in [0.25, 0.3) is 11.8 Å². The Hall–Kier alpha value is -3.26. The highest BCUT2D eigenvalue weighted by Crippen LogP contribution is 2.36. The molecule has 5 nitrogen and oxygen atoms in total. The molecule has 3 heterocycles. The van der Waals surface area contributed by atoms with Crippen LogP contribution >= 0.6 is 34.3 Å². The Balaban J connectivity index is 1.81. The minimum Gasteiger partial charge on any atom is -0.463 e. The van der Waals surface area contributed by atoms with Crippen molar-refractivity contribution in [2.24, 2.45) is 4.99 Å². The van der Waals surface area contributed by atoms with Gasteiger partial charge < -0.3 is 4.74 Å². The summed E-state index contributed by atoms with van der Waals surface area (Å²) in [5.74, 6) is -0.476. The van der Waals surface area contributed by atoms with Gasteiger partial charge in [0.15, 0.2) is 4.80 Å². The molecule has 0 bridgehead atoms. The van der Waals surface area contributed by atoms with Gasteiger partial charge in [-0.05, 0) is 42.1 Å². The fraction of sp³-hybridized carbons (Fsp3) is 0.115. The van der Waals surface area contributed by atoms with Crippen LogP contribution in [0.3, 0.4) is 0 Å². The molecule has 4 aromatic rings. The van der Waals surface area contributed by atoms with Crippen molar-refractivity contribution >= 4 is 52.0 Å². The van der Waals surface area contributed by atoms with Gasteiger partial charge in [0.05, 0.1) is 22.4 Å². The average Bonchev–Trinajstić information content (AvgIpc) is 3.49. The van der Waals surface area contributed by atoms with E-state index in [0.29, 0.717) is 25.6 Å². The molecular formula is C26H19ClN2O3S2. The van der Waals surface area contributed by atoms with Gasteiger partial charge in [0.25, 0.3) is 5.56 Å². The van der Waals surface area contributed by atoms with Gasteiger partial charge in [-0.1, -0.05) is 71.5 Å². The number of esters is 1. The summed E-state index contributed by atoms with van der Waals surface area (Å²) in [4.78, 5) is 33.1. The first-order valence-corrected chi connectivity index (χ1v) is 12.7. The molecule has 2 aromatic heterocycles. The number of thiophene rings is 1. The van der Waals surface area contributed by atoms with E-state index in [1.54, 1.807) is 23.6 Å². The third-order valence-electron chi connectivity index (χ3n) is 5.35. The van der Waals surface area contributed by atoms with Gasteiger partial charge in [-0.25, -0.2) is 9.79 Å². The summed E-state index contributed by atoms with van der Waals surface area (Å²) < 4.78 is 7.58. The molecular weight excluding hydrogens is 488 g/mol. The number of ether oxygens (including phenoxy) is 1. The molecule has 5 rings (SSSR count). The number of rotatable bonds is 5. The molecule has 0 spiro atoms. The molecule has 2 aromatic carbocycles. The standard InChI is InChI=1S/C26H19ClN2O3S2/c1-2-32-25(31)21-22(17-7-4-3-5-8-17)28-26-29(23(21)19-9-6-14-33-19)24(30)20(34-26)15-16-10-12-18(27)13-11-16/h3-15,23H,2H2,1H3. The first kappa shape index (κ1) is 22.5. The highest BCUT2D eigenvalue weighted by molar-refractivity contribution is 7.10. The summed E-state index contributed by atoms with van der Waals surface area (Å²) in [5, 5.41) is 2.56. The van der Waals surface area contributed by atoms with Gasteiger partial charge in [0.1, 0.15) is 6.04 Å². The van der Waals surface area contributed by atoms with E-state index in [1.807, 2.05) is 66.1 Å². The predicted octanol–water partition coefficient (Wildman–Crippen LogP) is 4.65. The molecule has 0 saturated carbocycles. The Morgan fingerprint density at radius 2 is 1.88 bits per heavy atom. The third-order valence-corrected chi connectivity index (χ3v) is 7.51. The molecule has 0 amide bonds. The van der Waals surface area contributed by atoms with E-state index in [4.69, 9.17) is 21.3 Å². The summed E-state index contributed by atoms with van der Waals surface area (Å²) in [5.41, 5.74) is 2.33. The Morgan fingerprint density at radius 1 is 1.12 bits per heavy atom. The van der Waals surface area contributed by atoms with E-state index >= 15 is 0 Å². The van der Waals surface area contributed by atoms with E-state index in [9.17, 15) is 9.59 Å². The van der Waals surface area contributed by atoms with Gasteiger partial charge in [-0.3, -0.25) is 9.36 Å². The summed E-state index contributed by atoms with van der Waals surface area (Å²) >= 11 is 8.80. The fourth-order valence-corrected chi connectivity index (χ4v) is 5.82. The minimum absolute atomic E-state index is 0.203. The van der Waals surface area contributed by atoms with E-state index in [0.717, 1.165) is 16.0 Å². The van der Waals surface area contributed by atoms with Crippen molar-refractivity contribution < 1.29 is 9.53 Å². The van der Waals surface area contributed by atoms with Gasteiger partial charge >= 0.3 is 5.97 Å². The van der Waals surface area contributed by atoms with Crippen molar-refractivity contribution in [3.8, 4) is 0 Å². The Bertz CT molecular complexity index is 1550. The number of benzene rings is 2. The van der Waals surface area contributed by atoms with Crippen LogP contribution in [-0.4, -0.2) is 17.1 Å². The Morgan fingerprint density at radius 3 is 2.56 bits per heavy atom. The van der Waals surface area contributed by atoms with Crippen LogP contribution in [0.5, 0.6) is 0 Å². The van der Waals surface area contributed by atoms with E-state index in [2.05, 4.69) is 0 Å². The van der Waals surface area contributed by atoms with E-state index < -0.39 is 12.0 Å². The largest absolute Gasteiger partial charge is 0.463 e. The smallest absolute Gasteiger partial charge is 0.338 e. The van der Waals surface area contributed by atoms with Crippen molar-refractivity contribution in [2.75, 3.05) is 6.61 Å². The van der Waals surface area contributed by atoms with Crippen molar-refractivity contribution in [3.05, 3.63) is 118 Å². The zero-order chi connectivity index (χ0) is 23.7. The quantitative estimate of drug-likeness (QED) is 0.370. The van der Waals surface area contributed by atoms with Crippen LogP contribution in [0.15, 0.2) is 87.5 Å². The first-order valence-electron chi connectivity index (χ1n) is 10.6. The fourth-order valence-electron chi connectivity index (χ4n) is 3.87. The van der Waals surface area contributed by atoms with Crippen LogP contribution in [0.1, 0.15) is 29.0 Å². The summed E-state index contributed by atoms with van der Waals surface area (Å²) in [6.45, 7) is 1.99. The molecule has 1 atom stereocenters. The molecule has 1 aliphatic rings. The number of nitrogens with zero attached hydrogens (tertiary/aromatic N) is 2. The molecule has 8 heteroatoms. The van der Waals surface area contributed by atoms with Crippen LogP contribution in [-0.2, 0) is 9.53 Å². The number of halogens is 1. The zero-order valence-electron chi connectivity index (χ0n) is 18.1. The molecule has 0 N–H and O–H groups in total. The monoisotopic (exact) mass is 506 g/mol. The molecule has 0 fully saturated rings. The Kier molecular flexibility index (Phi) is 6.32. The highest BCUT2D eigenvalue weighted by atomic mass is 35.5. The topological polar surface area (TPSA) is 60.7 Å². The Labute approximate surface area is 208 Å². The zero-order valence-corrected chi connectivity index (χ0v) is 20.5. The number of carbonyl (C=O) groups excluding carboxylic acids is 1. The maximum Gasteiger partial charge on any atom is 0.338 e. The molecule has 1 unspecified atom stereocenters. The second-order valence-electron chi connectivity index (χ2n) is 7.50. The molecule has 0 aliphatic carbocycles. The van der Waals surface area contributed by atoms with Crippen molar-refractivity contribution in [3.63, 3.8) is 0 Å². The summed E-state index contributed by atoms with van der Waals surface area (Å²) in [6.07, 6.45) is 1.82. The number of thiazole rings is 1. The lowest BCUT2D eigenvalue weighted by Crippen LogP contribution is -2.39. The second kappa shape index (κ2) is 9.54. The number of hydrogen-bond donors (Lipinski definition) is 0. The highest BCUT2D eigenvalue weighted by Gasteiger charge is 2.35. The third kappa shape index (κ3) is 4.18. The second-order valence-corrected chi connectivity index (χ2v) is 9.92. The van der Waals surface area contributed by atoms with Crippen LogP contribution < -0.4 is 14.9 Å². The van der Waals surface area contributed by atoms with Crippen LogP contribution in [0, 0.1) is 0 Å². The van der Waals surface area contributed by atoms with Crippen LogP contribution in [0.2, 0.25) is 5.02 Å². The van der Waals surface area contributed by atoms with Crippen molar-refractivity contribution in [1.29, 1.82) is 0 Å². The first-order chi connectivity index (χ1) is 16.6. The van der Waals surface area contributed by atoms with Crippen LogP contribution in [0.4, 0.5) is 0 Å². The molecule has 0 saturated heterocycles. The number of fused-ring (bicyclic) bond motifs is 1. The predicted molar refractivity (Wildman–Crippen MR) is 137 cm³/mol. The van der Waals surface area contributed by atoms with Gasteiger partial charge in [-0.15, -0.1) is 11.3 Å². The summed E-state index contributed by atoms with van der Waals surface area (Å²) in [6, 6.07) is 20.0. The van der Waals surface area contributed by atoms with Crippen molar-refractivity contribution in [1.82, 2.24) is 4.57 Å². The number of hydrogen-bond acceptors (Lipinski definition) is 6. The lowest BCUT2D eigenvalue weighted by Gasteiger charge is -2.24. The SMILES string of the molecule is CCOC(=O)C1=C(c2ccccc2)N=c2sc(=Cc3ccc(Cl)cc3)c(=O)n2C1c1cccs1. The number of aromatic nitrogens is 1. The van der Waals surface area contributed by atoms with E-state index in [1.165, 1.54) is 22.7 Å². The molecule has 34 heavy (non-hydrogen) atoms. The average molecular weight is 507 g/mol. The maximum absolute atomic E-state index is 13.6. The van der Waals surface area contributed by atoms with Crippen molar-refractivity contribution in [2.45, 2.75) is 13.0 Å². The molecule has 0 radical (unpaired) electrons. The van der Waals surface area contributed by atoms with E-state index in [-0.39, 0.29) is 12.2 Å². The lowest BCUT2D eigenvalue weighted by atomic mass is 9.97. The normalized spacial score (nSPS) is 15.7. The lowest BCUT2D eigenvalue weighted by molar-refractivity contribution is -0.138. The van der Waals surface area contributed by atoms with Gasteiger partial charge in [0.2, 0.25) is 0 Å². The van der Waals surface area contributed by atoms with Gasteiger partial charge in [-0.2, -0.15) is 0 Å². The molecule has 1 aliphatic heterocycles. The summed E-state index contributed by atoms with van der Waals surface area (Å²) in [7, 11) is 0. The molecule has 170 valence electrons. The minimum atomic E-state index is -0.627. The number of carbonyl (C=O) groups is 1. The van der Waals surface area contributed by atoms with Gasteiger partial charge in [0, 0.05) is 15.5 Å². The maximum atomic E-state index is 13.6.